The predicted octanol–water partition coefficient (Wildman–Crippen LogP) is 1.66. The molecule has 1 fully saturated rings. The molecule has 0 saturated carbocycles. The first kappa shape index (κ1) is 13.8. The van der Waals surface area contributed by atoms with Gasteiger partial charge < -0.3 is 15.0 Å². The average Bonchev–Trinajstić information content (AvgIpc) is 2.90. The molecule has 0 aromatic heterocycles. The molecular weight excluding hydrogens is 247 g/mol. The molecule has 1 saturated heterocycles. The van der Waals surface area contributed by atoms with Gasteiger partial charge in [-0.25, -0.2) is 4.39 Å². The quantitative estimate of drug-likeness (QED) is 0.901. The Labute approximate surface area is 112 Å². The minimum Gasteiger partial charge on any atom is -0.497 e. The summed E-state index contributed by atoms with van der Waals surface area (Å²) in [6.45, 7) is 1.59. The first-order valence-corrected chi connectivity index (χ1v) is 6.44. The molecule has 1 aromatic carbocycles. The molecule has 1 heterocycles. The summed E-state index contributed by atoms with van der Waals surface area (Å²) < 4.78 is 18.7. The van der Waals surface area contributed by atoms with E-state index in [2.05, 4.69) is 5.32 Å². The van der Waals surface area contributed by atoms with Gasteiger partial charge >= 0.3 is 0 Å². The van der Waals surface area contributed by atoms with Crippen molar-refractivity contribution < 1.29 is 13.9 Å². The molecule has 1 amide bonds. The number of nitrogens with one attached hydrogen (secondary N) is 1. The van der Waals surface area contributed by atoms with E-state index in [1.54, 1.807) is 18.0 Å². The zero-order valence-corrected chi connectivity index (χ0v) is 11.3. The maximum absolute atomic E-state index is 13.8. The lowest BCUT2D eigenvalue weighted by Gasteiger charge is -2.21. The molecular formula is C14H19FN2O2. The third-order valence-electron chi connectivity index (χ3n) is 3.41. The number of carbonyl (C=O) groups excluding carboxylic acids is 1. The predicted molar refractivity (Wildman–Crippen MR) is 70.9 cm³/mol. The van der Waals surface area contributed by atoms with Crippen LogP contribution >= 0.6 is 0 Å². The molecule has 0 aliphatic carbocycles. The summed E-state index contributed by atoms with van der Waals surface area (Å²) >= 11 is 0. The molecule has 1 unspecified atom stereocenters. The topological polar surface area (TPSA) is 41.6 Å². The van der Waals surface area contributed by atoms with E-state index in [0.717, 1.165) is 19.4 Å². The number of ether oxygens (including phenoxy) is 1. The summed E-state index contributed by atoms with van der Waals surface area (Å²) in [7, 11) is 3.17. The molecule has 1 N–H and O–H groups in total. The summed E-state index contributed by atoms with van der Waals surface area (Å²) in [5, 5.41) is 3.32. The number of carbonyl (C=O) groups is 1. The van der Waals surface area contributed by atoms with Gasteiger partial charge in [-0.15, -0.1) is 0 Å². The van der Waals surface area contributed by atoms with Crippen molar-refractivity contribution in [3.05, 3.63) is 29.6 Å². The first-order chi connectivity index (χ1) is 9.11. The fourth-order valence-corrected chi connectivity index (χ4v) is 2.33. The Morgan fingerprint density at radius 2 is 2.37 bits per heavy atom. The zero-order chi connectivity index (χ0) is 13.8. The molecule has 0 bridgehead atoms. The summed E-state index contributed by atoms with van der Waals surface area (Å²) in [6.07, 6.45) is 2.19. The fourth-order valence-electron chi connectivity index (χ4n) is 2.33. The van der Waals surface area contributed by atoms with Crippen LogP contribution in [0.25, 0.3) is 0 Å². The first-order valence-electron chi connectivity index (χ1n) is 6.44. The molecule has 5 heteroatoms. The van der Waals surface area contributed by atoms with E-state index in [9.17, 15) is 9.18 Å². The highest BCUT2D eigenvalue weighted by Gasteiger charge is 2.21. The van der Waals surface area contributed by atoms with Gasteiger partial charge in [0, 0.05) is 25.7 Å². The van der Waals surface area contributed by atoms with E-state index in [0.29, 0.717) is 18.3 Å². The van der Waals surface area contributed by atoms with E-state index in [1.807, 2.05) is 0 Å². The number of likely N-dealkylation sites (N-methyl/N-ethyl adjacent to an activating group) is 1. The number of rotatable bonds is 4. The smallest absolute Gasteiger partial charge is 0.256 e. The Balaban J connectivity index is 2.05. The van der Waals surface area contributed by atoms with E-state index in [-0.39, 0.29) is 11.5 Å². The summed E-state index contributed by atoms with van der Waals surface area (Å²) in [5.41, 5.74) is 0.0845. The minimum absolute atomic E-state index is 0.0845. The maximum atomic E-state index is 13.8. The van der Waals surface area contributed by atoms with Crippen LogP contribution in [-0.2, 0) is 0 Å². The second-order valence-corrected chi connectivity index (χ2v) is 4.82. The molecule has 1 aliphatic heterocycles. The third-order valence-corrected chi connectivity index (χ3v) is 3.41. The minimum atomic E-state index is -0.546. The lowest BCUT2D eigenvalue weighted by atomic mass is 10.1. The SMILES string of the molecule is COc1ccc(C(=O)N(C)CC2CCCN2)c(F)c1. The Morgan fingerprint density at radius 3 is 2.95 bits per heavy atom. The third kappa shape index (κ3) is 3.23. The number of amides is 1. The summed E-state index contributed by atoms with van der Waals surface area (Å²) in [6, 6.07) is 4.61. The van der Waals surface area contributed by atoms with Crippen molar-refractivity contribution in [1.29, 1.82) is 0 Å². The Kier molecular flexibility index (Phi) is 4.37. The van der Waals surface area contributed by atoms with E-state index in [1.165, 1.54) is 19.2 Å². The van der Waals surface area contributed by atoms with Crippen LogP contribution in [0.2, 0.25) is 0 Å². The highest BCUT2D eigenvalue weighted by Crippen LogP contribution is 2.18. The summed E-state index contributed by atoms with van der Waals surface area (Å²) in [4.78, 5) is 13.7. The van der Waals surface area contributed by atoms with E-state index >= 15 is 0 Å². The van der Waals surface area contributed by atoms with Crippen molar-refractivity contribution in [2.45, 2.75) is 18.9 Å². The van der Waals surface area contributed by atoms with Crippen LogP contribution in [0.4, 0.5) is 4.39 Å². The molecule has 0 spiro atoms. The Hall–Kier alpha value is -1.62. The van der Waals surface area contributed by atoms with Gasteiger partial charge in [-0.05, 0) is 31.5 Å². The van der Waals surface area contributed by atoms with Crippen LogP contribution in [0.15, 0.2) is 18.2 Å². The van der Waals surface area contributed by atoms with Crippen molar-refractivity contribution >= 4 is 5.91 Å². The molecule has 19 heavy (non-hydrogen) atoms. The van der Waals surface area contributed by atoms with E-state index in [4.69, 9.17) is 4.74 Å². The number of methoxy groups -OCH3 is 1. The van der Waals surface area contributed by atoms with Crippen molar-refractivity contribution in [2.75, 3.05) is 27.2 Å². The Morgan fingerprint density at radius 1 is 1.58 bits per heavy atom. The van der Waals surface area contributed by atoms with Gasteiger partial charge in [0.15, 0.2) is 0 Å². The van der Waals surface area contributed by atoms with Gasteiger partial charge in [-0.3, -0.25) is 4.79 Å². The van der Waals surface area contributed by atoms with Crippen molar-refractivity contribution in [3.63, 3.8) is 0 Å². The van der Waals surface area contributed by atoms with Gasteiger partial charge in [0.2, 0.25) is 0 Å². The monoisotopic (exact) mass is 266 g/mol. The fraction of sp³-hybridized carbons (Fsp3) is 0.500. The van der Waals surface area contributed by atoms with Crippen LogP contribution < -0.4 is 10.1 Å². The number of hydrogen-bond donors (Lipinski definition) is 1. The largest absolute Gasteiger partial charge is 0.497 e. The van der Waals surface area contributed by atoms with Crippen molar-refractivity contribution in [2.24, 2.45) is 0 Å². The van der Waals surface area contributed by atoms with Gasteiger partial charge in [0.05, 0.1) is 12.7 Å². The molecule has 4 nitrogen and oxygen atoms in total. The summed E-state index contributed by atoms with van der Waals surface area (Å²) in [5.74, 6) is -0.432. The molecule has 2 rings (SSSR count). The van der Waals surface area contributed by atoms with Crippen LogP contribution in [-0.4, -0.2) is 44.1 Å². The van der Waals surface area contributed by atoms with Crippen LogP contribution in [0.3, 0.4) is 0 Å². The second-order valence-electron chi connectivity index (χ2n) is 4.82. The lowest BCUT2D eigenvalue weighted by molar-refractivity contribution is 0.0779. The van der Waals surface area contributed by atoms with Gasteiger partial charge in [0.1, 0.15) is 11.6 Å². The van der Waals surface area contributed by atoms with Gasteiger partial charge in [-0.2, -0.15) is 0 Å². The van der Waals surface area contributed by atoms with Crippen LogP contribution in [0, 0.1) is 5.82 Å². The highest BCUT2D eigenvalue weighted by atomic mass is 19.1. The Bertz CT molecular complexity index is 459. The van der Waals surface area contributed by atoms with E-state index < -0.39 is 5.82 Å². The van der Waals surface area contributed by atoms with Gasteiger partial charge in [-0.1, -0.05) is 0 Å². The average molecular weight is 266 g/mol. The number of halogens is 1. The van der Waals surface area contributed by atoms with Crippen LogP contribution in [0.5, 0.6) is 5.75 Å². The standard InChI is InChI=1S/C14H19FN2O2/c1-17(9-10-4-3-7-16-10)14(18)12-6-5-11(19-2)8-13(12)15/h5-6,8,10,16H,3-4,7,9H2,1-2H3. The highest BCUT2D eigenvalue weighted by molar-refractivity contribution is 5.94. The number of hydrogen-bond acceptors (Lipinski definition) is 3. The zero-order valence-electron chi connectivity index (χ0n) is 11.3. The van der Waals surface area contributed by atoms with Crippen LogP contribution in [0.1, 0.15) is 23.2 Å². The molecule has 1 atom stereocenters. The molecule has 1 aliphatic rings. The lowest BCUT2D eigenvalue weighted by Crippen LogP contribution is -2.38. The molecule has 0 radical (unpaired) electrons. The van der Waals surface area contributed by atoms with Gasteiger partial charge in [0.25, 0.3) is 5.91 Å². The second kappa shape index (κ2) is 6.02. The molecule has 104 valence electrons. The number of benzene rings is 1. The van der Waals surface area contributed by atoms with Crippen molar-refractivity contribution in [3.8, 4) is 5.75 Å². The maximum Gasteiger partial charge on any atom is 0.256 e. The van der Waals surface area contributed by atoms with Crippen molar-refractivity contribution in [1.82, 2.24) is 10.2 Å². The normalized spacial score (nSPS) is 18.4. The molecule has 1 aromatic rings. The number of nitrogens with zero attached hydrogens (tertiary/aromatic N) is 1.